The third-order valence-corrected chi connectivity index (χ3v) is 4.26. The van der Waals surface area contributed by atoms with Crippen molar-refractivity contribution >= 4 is 32.4 Å². The van der Waals surface area contributed by atoms with Crippen molar-refractivity contribution in [2.24, 2.45) is 0 Å². The number of hydrogen-bond acceptors (Lipinski definition) is 4. The Hall–Kier alpha value is -0.910. The molecule has 0 aliphatic heterocycles. The van der Waals surface area contributed by atoms with Crippen LogP contribution in [0, 0.1) is 0 Å². The minimum Gasteiger partial charge on any atom is -0.391 e. The summed E-state index contributed by atoms with van der Waals surface area (Å²) in [6.45, 7) is 0.848. The second-order valence-electron chi connectivity index (χ2n) is 3.71. The molecule has 0 bridgehead atoms. The maximum absolute atomic E-state index is 9.01. The Morgan fingerprint density at radius 1 is 1.41 bits per heavy atom. The van der Waals surface area contributed by atoms with Crippen molar-refractivity contribution in [2.45, 2.75) is 13.2 Å². The summed E-state index contributed by atoms with van der Waals surface area (Å²) in [5.41, 5.74) is 1.22. The Balaban J connectivity index is 2.11. The van der Waals surface area contributed by atoms with Crippen LogP contribution in [0.1, 0.15) is 10.4 Å². The van der Waals surface area contributed by atoms with E-state index in [-0.39, 0.29) is 6.61 Å². The molecule has 90 valence electrons. The van der Waals surface area contributed by atoms with Gasteiger partial charge in [0, 0.05) is 24.3 Å². The van der Waals surface area contributed by atoms with Crippen LogP contribution in [0.4, 0.5) is 5.13 Å². The van der Waals surface area contributed by atoms with E-state index in [2.05, 4.69) is 31.9 Å². The van der Waals surface area contributed by atoms with E-state index in [1.54, 1.807) is 6.20 Å². The Morgan fingerprint density at radius 2 is 2.18 bits per heavy atom. The van der Waals surface area contributed by atoms with Gasteiger partial charge in [0.1, 0.15) is 0 Å². The van der Waals surface area contributed by atoms with Crippen LogP contribution in [0.3, 0.4) is 0 Å². The van der Waals surface area contributed by atoms with Crippen molar-refractivity contribution in [1.82, 2.24) is 4.98 Å². The highest BCUT2D eigenvalue weighted by Crippen LogP contribution is 2.24. The first-order chi connectivity index (χ1) is 8.20. The van der Waals surface area contributed by atoms with Crippen LogP contribution in [-0.2, 0) is 13.2 Å². The average Bonchev–Trinajstić information content (AvgIpc) is 2.81. The van der Waals surface area contributed by atoms with Gasteiger partial charge in [0.15, 0.2) is 5.13 Å². The van der Waals surface area contributed by atoms with Crippen LogP contribution in [0.15, 0.2) is 34.9 Å². The zero-order valence-electron chi connectivity index (χ0n) is 9.43. The van der Waals surface area contributed by atoms with Crippen molar-refractivity contribution in [1.29, 1.82) is 0 Å². The molecule has 0 unspecified atom stereocenters. The summed E-state index contributed by atoms with van der Waals surface area (Å²) in [4.78, 5) is 7.24. The summed E-state index contributed by atoms with van der Waals surface area (Å²) in [6, 6.07) is 8.14. The summed E-state index contributed by atoms with van der Waals surface area (Å²) in [6.07, 6.45) is 1.72. The molecule has 0 fully saturated rings. The first kappa shape index (κ1) is 12.5. The van der Waals surface area contributed by atoms with E-state index in [1.807, 2.05) is 25.2 Å². The van der Waals surface area contributed by atoms with Gasteiger partial charge in [-0.15, -0.1) is 0 Å². The molecule has 0 aliphatic carbocycles. The van der Waals surface area contributed by atoms with Gasteiger partial charge in [-0.25, -0.2) is 4.98 Å². The Kier molecular flexibility index (Phi) is 4.15. The number of benzene rings is 1. The molecule has 17 heavy (non-hydrogen) atoms. The normalized spacial score (nSPS) is 10.5. The molecule has 2 rings (SSSR count). The van der Waals surface area contributed by atoms with E-state index in [0.29, 0.717) is 0 Å². The standard InChI is InChI=1S/C12H13BrN2OS/c1-15(12-14-6-10(8-16)17-12)7-9-4-2-3-5-11(9)13/h2-6,16H,7-8H2,1H3. The highest BCUT2D eigenvalue weighted by Gasteiger charge is 2.08. The van der Waals surface area contributed by atoms with E-state index in [1.165, 1.54) is 16.9 Å². The van der Waals surface area contributed by atoms with E-state index in [9.17, 15) is 0 Å². The van der Waals surface area contributed by atoms with Crippen LogP contribution >= 0.6 is 27.3 Å². The van der Waals surface area contributed by atoms with Gasteiger partial charge in [-0.1, -0.05) is 45.5 Å². The van der Waals surface area contributed by atoms with Crippen molar-refractivity contribution in [3.63, 3.8) is 0 Å². The Labute approximate surface area is 113 Å². The molecular weight excluding hydrogens is 300 g/mol. The predicted octanol–water partition coefficient (Wildman–Crippen LogP) is 3.03. The van der Waals surface area contributed by atoms with Gasteiger partial charge in [-0.05, 0) is 11.6 Å². The molecule has 0 aliphatic rings. The number of hydrogen-bond donors (Lipinski definition) is 1. The highest BCUT2D eigenvalue weighted by molar-refractivity contribution is 9.10. The number of rotatable bonds is 4. The molecule has 1 aromatic heterocycles. The molecule has 0 amide bonds. The van der Waals surface area contributed by atoms with E-state index < -0.39 is 0 Å². The third kappa shape index (κ3) is 3.06. The first-order valence-corrected chi connectivity index (χ1v) is 6.81. The monoisotopic (exact) mass is 312 g/mol. The first-order valence-electron chi connectivity index (χ1n) is 5.21. The SMILES string of the molecule is CN(Cc1ccccc1Br)c1ncc(CO)s1. The molecule has 0 atom stereocenters. The van der Waals surface area contributed by atoms with Crippen LogP contribution < -0.4 is 4.90 Å². The maximum atomic E-state index is 9.01. The zero-order valence-corrected chi connectivity index (χ0v) is 11.8. The van der Waals surface area contributed by atoms with Gasteiger partial charge in [-0.3, -0.25) is 0 Å². The average molecular weight is 313 g/mol. The summed E-state index contributed by atoms with van der Waals surface area (Å²) in [5.74, 6) is 0. The van der Waals surface area contributed by atoms with Gasteiger partial charge < -0.3 is 10.0 Å². The minimum absolute atomic E-state index is 0.0561. The lowest BCUT2D eigenvalue weighted by Crippen LogP contribution is -2.16. The fraction of sp³-hybridized carbons (Fsp3) is 0.250. The number of halogens is 1. The van der Waals surface area contributed by atoms with Crippen LogP contribution in [-0.4, -0.2) is 17.1 Å². The Bertz CT molecular complexity index is 501. The maximum Gasteiger partial charge on any atom is 0.185 e. The number of aromatic nitrogens is 1. The molecule has 3 nitrogen and oxygen atoms in total. The van der Waals surface area contributed by atoms with Gasteiger partial charge >= 0.3 is 0 Å². The van der Waals surface area contributed by atoms with Gasteiger partial charge in [0.2, 0.25) is 0 Å². The molecule has 0 saturated carbocycles. The van der Waals surface area contributed by atoms with E-state index >= 15 is 0 Å². The fourth-order valence-corrected chi connectivity index (χ4v) is 2.64. The van der Waals surface area contributed by atoms with Gasteiger partial charge in [0.25, 0.3) is 0 Å². The molecule has 0 radical (unpaired) electrons. The van der Waals surface area contributed by atoms with Gasteiger partial charge in [0.05, 0.1) is 11.5 Å². The second-order valence-corrected chi connectivity index (χ2v) is 5.66. The van der Waals surface area contributed by atoms with Crippen LogP contribution in [0.2, 0.25) is 0 Å². The van der Waals surface area contributed by atoms with E-state index in [4.69, 9.17) is 5.11 Å². The van der Waals surface area contributed by atoms with Gasteiger partial charge in [-0.2, -0.15) is 0 Å². The Morgan fingerprint density at radius 3 is 2.82 bits per heavy atom. The second kappa shape index (κ2) is 5.62. The third-order valence-electron chi connectivity index (χ3n) is 2.39. The van der Waals surface area contributed by atoms with Crippen LogP contribution in [0.5, 0.6) is 0 Å². The topological polar surface area (TPSA) is 36.4 Å². The fourth-order valence-electron chi connectivity index (χ4n) is 1.50. The largest absolute Gasteiger partial charge is 0.391 e. The van der Waals surface area contributed by atoms with Crippen molar-refractivity contribution in [3.05, 3.63) is 45.4 Å². The van der Waals surface area contributed by atoms with Crippen molar-refractivity contribution in [2.75, 3.05) is 11.9 Å². The molecule has 0 saturated heterocycles. The molecule has 2 aromatic rings. The lowest BCUT2D eigenvalue weighted by atomic mass is 10.2. The predicted molar refractivity (Wildman–Crippen MR) is 74.3 cm³/mol. The number of aliphatic hydroxyl groups excluding tert-OH is 1. The molecule has 0 spiro atoms. The molecule has 5 heteroatoms. The number of nitrogens with zero attached hydrogens (tertiary/aromatic N) is 2. The summed E-state index contributed by atoms with van der Waals surface area (Å²) < 4.78 is 1.10. The van der Waals surface area contributed by atoms with Crippen molar-refractivity contribution < 1.29 is 5.11 Å². The number of thiazole rings is 1. The van der Waals surface area contributed by atoms with Crippen LogP contribution in [0.25, 0.3) is 0 Å². The number of aliphatic hydroxyl groups is 1. The lowest BCUT2D eigenvalue weighted by molar-refractivity contribution is 0.285. The molecular formula is C12H13BrN2OS. The molecule has 1 N–H and O–H groups in total. The number of anilines is 1. The molecule has 1 heterocycles. The zero-order chi connectivity index (χ0) is 12.3. The quantitative estimate of drug-likeness (QED) is 0.942. The smallest absolute Gasteiger partial charge is 0.185 e. The minimum atomic E-state index is 0.0561. The lowest BCUT2D eigenvalue weighted by Gasteiger charge is -2.16. The highest BCUT2D eigenvalue weighted by atomic mass is 79.9. The van der Waals surface area contributed by atoms with E-state index in [0.717, 1.165) is 21.0 Å². The summed E-state index contributed by atoms with van der Waals surface area (Å²) in [7, 11) is 2.00. The molecule has 1 aromatic carbocycles. The van der Waals surface area contributed by atoms with Crippen molar-refractivity contribution in [3.8, 4) is 0 Å². The summed E-state index contributed by atoms with van der Waals surface area (Å²) in [5, 5.41) is 9.93. The summed E-state index contributed by atoms with van der Waals surface area (Å²) >= 11 is 5.05.